The summed E-state index contributed by atoms with van der Waals surface area (Å²) < 4.78 is 0. The van der Waals surface area contributed by atoms with Gasteiger partial charge in [-0.15, -0.1) is 0 Å². The van der Waals surface area contributed by atoms with Gasteiger partial charge < -0.3 is 43.2 Å². The molecule has 14 nitrogen and oxygen atoms in total. The van der Waals surface area contributed by atoms with Crippen molar-refractivity contribution in [2.45, 2.75) is 49.9 Å². The lowest BCUT2D eigenvalue weighted by Crippen LogP contribution is -2.55. The third-order valence-corrected chi connectivity index (χ3v) is 4.83. The first-order valence-electron chi connectivity index (χ1n) is 9.84. The van der Waals surface area contributed by atoms with Crippen LogP contribution >= 0.6 is 0 Å². The van der Waals surface area contributed by atoms with Gasteiger partial charge in [0.1, 0.15) is 12.1 Å². The molecule has 0 aromatic heterocycles. The van der Waals surface area contributed by atoms with Crippen molar-refractivity contribution in [2.75, 3.05) is 19.6 Å². The molecule has 31 heavy (non-hydrogen) atoms. The van der Waals surface area contributed by atoms with Crippen molar-refractivity contribution in [3.8, 4) is 0 Å². The number of nitrogens with one attached hydrogen (secondary N) is 5. The summed E-state index contributed by atoms with van der Waals surface area (Å²) in [6, 6.07) is -3.32. The van der Waals surface area contributed by atoms with Crippen LogP contribution in [0.2, 0.25) is 0 Å². The number of amides is 4. The van der Waals surface area contributed by atoms with Crippen LogP contribution in [0.5, 0.6) is 0 Å². The number of carbonyl (C=O) groups is 5. The van der Waals surface area contributed by atoms with Crippen molar-refractivity contribution in [2.24, 2.45) is 16.5 Å². The zero-order valence-electron chi connectivity index (χ0n) is 16.8. The van der Waals surface area contributed by atoms with E-state index in [4.69, 9.17) is 16.6 Å². The number of hydrogen-bond donors (Lipinski definition) is 8. The number of guanidine groups is 1. The quantitative estimate of drug-likeness (QED) is 0.113. The fraction of sp³-hybridized carbons (Fsp3) is 0.647. The average molecular weight is 440 g/mol. The van der Waals surface area contributed by atoms with Gasteiger partial charge >= 0.3 is 5.97 Å². The molecule has 10 N–H and O–H groups in total. The zero-order chi connectivity index (χ0) is 23.0. The number of carboxylic acid groups (broad SMARTS) is 1. The molecule has 14 heteroatoms. The van der Waals surface area contributed by atoms with E-state index in [0.717, 1.165) is 0 Å². The van der Waals surface area contributed by atoms with Crippen LogP contribution < -0.4 is 38.1 Å². The van der Waals surface area contributed by atoms with E-state index in [0.29, 0.717) is 6.42 Å². The predicted molar refractivity (Wildman–Crippen MR) is 107 cm³/mol. The Morgan fingerprint density at radius 1 is 1.03 bits per heavy atom. The van der Waals surface area contributed by atoms with E-state index in [1.54, 1.807) is 0 Å². The molecule has 0 aromatic carbocycles. The van der Waals surface area contributed by atoms with E-state index in [1.807, 2.05) is 0 Å². The standard InChI is InChI=1S/C17H28N8O6/c18-17(19)20-3-1-2-9-14(29)22-7-12(26)24-11(5-13(27)28)16(31)23-8-4-10(21-6-8)15(30)25-9/h8-11,21H,1-7H2,(H,22,29)(H,23,31)(H,24,26)(H,25,30)(H,27,28)(H4,18,19,20)/t8-,9+,10+,11+/m1/s1. The van der Waals surface area contributed by atoms with Gasteiger partial charge in [-0.1, -0.05) is 0 Å². The maximum absolute atomic E-state index is 12.6. The first-order chi connectivity index (χ1) is 14.7. The fourth-order valence-corrected chi connectivity index (χ4v) is 3.31. The Morgan fingerprint density at radius 2 is 1.77 bits per heavy atom. The molecule has 2 aliphatic rings. The Morgan fingerprint density at radius 3 is 2.45 bits per heavy atom. The Hall–Kier alpha value is -3.42. The number of nitrogens with zero attached hydrogens (tertiary/aromatic N) is 1. The molecule has 2 saturated heterocycles. The lowest BCUT2D eigenvalue weighted by atomic mass is 10.1. The van der Waals surface area contributed by atoms with Crippen molar-refractivity contribution in [3.05, 3.63) is 0 Å². The van der Waals surface area contributed by atoms with Gasteiger partial charge in [0, 0.05) is 19.1 Å². The number of aliphatic imine (C=N–C) groups is 1. The minimum absolute atomic E-state index is 0.0877. The van der Waals surface area contributed by atoms with Gasteiger partial charge in [-0.3, -0.25) is 29.0 Å². The van der Waals surface area contributed by atoms with Crippen molar-refractivity contribution >= 4 is 35.6 Å². The molecule has 0 unspecified atom stereocenters. The molecule has 0 saturated carbocycles. The minimum atomic E-state index is -1.31. The Kier molecular flexibility index (Phi) is 8.54. The summed E-state index contributed by atoms with van der Waals surface area (Å²) in [6.45, 7) is 0.0433. The van der Waals surface area contributed by atoms with Crippen molar-refractivity contribution in [3.63, 3.8) is 0 Å². The Labute approximate surface area is 177 Å². The van der Waals surface area contributed by atoms with Gasteiger partial charge in [0.25, 0.3) is 0 Å². The third kappa shape index (κ3) is 7.73. The van der Waals surface area contributed by atoms with E-state index < -0.39 is 66.7 Å². The molecule has 0 aromatic rings. The summed E-state index contributed by atoms with van der Waals surface area (Å²) in [5.74, 6) is -3.80. The topological polar surface area (TPSA) is 230 Å². The molecule has 4 atom stereocenters. The Balaban J connectivity index is 2.13. The maximum atomic E-state index is 12.6. The van der Waals surface area contributed by atoms with Gasteiger partial charge in [-0.2, -0.15) is 0 Å². The first kappa shape index (κ1) is 23.9. The highest BCUT2D eigenvalue weighted by molar-refractivity contribution is 5.94. The number of aliphatic carboxylic acids is 1. The summed E-state index contributed by atoms with van der Waals surface area (Å²) in [4.78, 5) is 64.6. The monoisotopic (exact) mass is 440 g/mol. The highest BCUT2D eigenvalue weighted by Gasteiger charge is 2.34. The van der Waals surface area contributed by atoms with Gasteiger partial charge in [0.15, 0.2) is 5.96 Å². The van der Waals surface area contributed by atoms with Crippen LogP contribution in [0.25, 0.3) is 0 Å². The molecule has 2 aliphatic heterocycles. The number of hydrogen-bond acceptors (Lipinski definition) is 7. The van der Waals surface area contributed by atoms with Crippen LogP contribution in [0.1, 0.15) is 25.7 Å². The van der Waals surface area contributed by atoms with E-state index in [-0.39, 0.29) is 31.9 Å². The summed E-state index contributed by atoms with van der Waals surface area (Å²) in [6.07, 6.45) is 0.251. The molecular formula is C17H28N8O6. The highest BCUT2D eigenvalue weighted by atomic mass is 16.4. The SMILES string of the molecule is NC(N)=NCCC[C@@H]1NC(=O)[C@@H]2C[C@H](CN2)NC(=O)[C@H](CC(=O)O)NC(=O)CNC1=O. The number of nitrogens with two attached hydrogens (primary N) is 2. The largest absolute Gasteiger partial charge is 0.481 e. The fourth-order valence-electron chi connectivity index (χ4n) is 3.31. The smallest absolute Gasteiger partial charge is 0.305 e. The molecule has 2 heterocycles. The van der Waals surface area contributed by atoms with Crippen LogP contribution in [0.15, 0.2) is 4.99 Å². The lowest BCUT2D eigenvalue weighted by molar-refractivity contribution is -0.141. The molecule has 2 fully saturated rings. The molecule has 0 radical (unpaired) electrons. The van der Waals surface area contributed by atoms with Crippen LogP contribution in [0.4, 0.5) is 0 Å². The zero-order valence-corrected chi connectivity index (χ0v) is 16.8. The second-order valence-corrected chi connectivity index (χ2v) is 7.35. The van der Waals surface area contributed by atoms with Crippen molar-refractivity contribution in [1.29, 1.82) is 0 Å². The average Bonchev–Trinajstić information content (AvgIpc) is 3.15. The number of carbonyl (C=O) groups excluding carboxylic acids is 4. The number of rotatable bonds is 6. The summed E-state index contributed by atoms with van der Waals surface area (Å²) in [7, 11) is 0. The normalized spacial score (nSPS) is 27.2. The second kappa shape index (κ2) is 11.1. The lowest BCUT2D eigenvalue weighted by Gasteiger charge is -2.23. The molecule has 0 spiro atoms. The molecule has 2 bridgehead atoms. The van der Waals surface area contributed by atoms with Crippen molar-refractivity contribution < 1.29 is 29.1 Å². The highest BCUT2D eigenvalue weighted by Crippen LogP contribution is 2.10. The van der Waals surface area contributed by atoms with E-state index in [1.165, 1.54) is 0 Å². The minimum Gasteiger partial charge on any atom is -0.481 e. The van der Waals surface area contributed by atoms with Crippen LogP contribution in [-0.2, 0) is 24.0 Å². The number of fused-ring (bicyclic) bond motifs is 2. The van der Waals surface area contributed by atoms with Gasteiger partial charge in [0.05, 0.1) is 19.0 Å². The Bertz CT molecular complexity index is 753. The van der Waals surface area contributed by atoms with Crippen molar-refractivity contribution in [1.82, 2.24) is 26.6 Å². The van der Waals surface area contributed by atoms with Gasteiger partial charge in [-0.05, 0) is 19.3 Å². The summed E-state index contributed by atoms with van der Waals surface area (Å²) in [5.41, 5.74) is 10.5. The summed E-state index contributed by atoms with van der Waals surface area (Å²) >= 11 is 0. The van der Waals surface area contributed by atoms with Crippen LogP contribution in [0, 0.1) is 0 Å². The number of carboxylic acids is 1. The van der Waals surface area contributed by atoms with Gasteiger partial charge in [0.2, 0.25) is 23.6 Å². The maximum Gasteiger partial charge on any atom is 0.305 e. The third-order valence-electron chi connectivity index (χ3n) is 4.83. The molecule has 2 rings (SSSR count). The van der Waals surface area contributed by atoms with Crippen LogP contribution in [-0.4, -0.2) is 84.5 Å². The van der Waals surface area contributed by atoms with E-state index in [2.05, 4.69) is 31.6 Å². The second-order valence-electron chi connectivity index (χ2n) is 7.35. The van der Waals surface area contributed by atoms with Crippen LogP contribution in [0.3, 0.4) is 0 Å². The van der Waals surface area contributed by atoms with Gasteiger partial charge in [-0.25, -0.2) is 0 Å². The molecule has 0 aliphatic carbocycles. The predicted octanol–water partition coefficient (Wildman–Crippen LogP) is -4.54. The van der Waals surface area contributed by atoms with E-state index in [9.17, 15) is 24.0 Å². The molecule has 172 valence electrons. The first-order valence-corrected chi connectivity index (χ1v) is 9.84. The van der Waals surface area contributed by atoms with E-state index >= 15 is 0 Å². The summed E-state index contributed by atoms with van der Waals surface area (Å²) in [5, 5.41) is 22.0. The molecule has 4 amide bonds. The molecular weight excluding hydrogens is 412 g/mol.